The Balaban J connectivity index is 1.84. The van der Waals surface area contributed by atoms with Crippen LogP contribution >= 0.6 is 0 Å². The molecule has 1 amide bonds. The summed E-state index contributed by atoms with van der Waals surface area (Å²) in [7, 11) is 1.53. The maximum atomic E-state index is 13.2. The Hall–Kier alpha value is -2.43. The van der Waals surface area contributed by atoms with Gasteiger partial charge in [0.2, 0.25) is 5.88 Å². The highest BCUT2D eigenvalue weighted by Crippen LogP contribution is 2.48. The summed E-state index contributed by atoms with van der Waals surface area (Å²) in [4.78, 5) is 26.4. The van der Waals surface area contributed by atoms with Crippen molar-refractivity contribution in [1.82, 2.24) is 19.9 Å². The van der Waals surface area contributed by atoms with E-state index in [1.54, 1.807) is 27.0 Å². The van der Waals surface area contributed by atoms with Gasteiger partial charge >= 0.3 is 6.09 Å². The van der Waals surface area contributed by atoms with Crippen LogP contribution in [0.1, 0.15) is 46.2 Å². The number of methoxy groups -OCH3 is 1. The predicted molar refractivity (Wildman–Crippen MR) is 106 cm³/mol. The zero-order valence-electron chi connectivity index (χ0n) is 18.0. The molecule has 2 aliphatic rings. The number of aromatic nitrogens is 3. The van der Waals surface area contributed by atoms with Crippen LogP contribution < -0.4 is 4.74 Å². The zero-order valence-corrected chi connectivity index (χ0v) is 18.0. The van der Waals surface area contributed by atoms with Crippen LogP contribution in [-0.2, 0) is 14.2 Å². The van der Waals surface area contributed by atoms with Gasteiger partial charge in [0.05, 0.1) is 25.8 Å². The highest BCUT2D eigenvalue weighted by molar-refractivity contribution is 5.84. The molecule has 4 rings (SSSR count). The van der Waals surface area contributed by atoms with Crippen molar-refractivity contribution in [3.63, 3.8) is 0 Å². The molecule has 0 spiro atoms. The zero-order chi connectivity index (χ0) is 21.8. The van der Waals surface area contributed by atoms with E-state index in [2.05, 4.69) is 15.0 Å². The van der Waals surface area contributed by atoms with E-state index in [1.807, 2.05) is 13.8 Å². The topological polar surface area (TPSA) is 119 Å². The monoisotopic (exact) mass is 420 g/mol. The number of rotatable bonds is 3. The van der Waals surface area contributed by atoms with E-state index in [0.717, 1.165) is 0 Å². The summed E-state index contributed by atoms with van der Waals surface area (Å²) in [6.07, 6.45) is 1.58. The molecule has 2 aromatic heterocycles. The second-order valence-electron chi connectivity index (χ2n) is 9.00. The predicted octanol–water partition coefficient (Wildman–Crippen LogP) is 2.14. The number of aliphatic hydroxyl groups is 1. The van der Waals surface area contributed by atoms with Crippen LogP contribution in [0, 0.1) is 0 Å². The van der Waals surface area contributed by atoms with Gasteiger partial charge in [0.1, 0.15) is 35.2 Å². The lowest BCUT2D eigenvalue weighted by molar-refractivity contribution is -0.168. The van der Waals surface area contributed by atoms with Gasteiger partial charge in [-0.15, -0.1) is 0 Å². The van der Waals surface area contributed by atoms with Gasteiger partial charge in [0.25, 0.3) is 0 Å². The van der Waals surface area contributed by atoms with Crippen LogP contribution in [0.15, 0.2) is 12.5 Å². The molecule has 2 N–H and O–H groups in total. The van der Waals surface area contributed by atoms with Gasteiger partial charge in [-0.2, -0.15) is 4.98 Å². The smallest absolute Gasteiger partial charge is 0.411 e. The first-order chi connectivity index (χ1) is 14.1. The number of carbonyl (C=O) groups excluding carboxylic acids is 1. The average Bonchev–Trinajstić information content (AvgIpc) is 3.28. The molecule has 2 saturated heterocycles. The summed E-state index contributed by atoms with van der Waals surface area (Å²) in [5.74, 6) is -0.452. The number of nitrogens with one attached hydrogen (secondary N) is 1. The van der Waals surface area contributed by atoms with Crippen molar-refractivity contribution in [2.45, 2.75) is 70.3 Å². The number of hydrogen-bond donors (Lipinski definition) is 2. The summed E-state index contributed by atoms with van der Waals surface area (Å²) in [6, 6.07) is -1.22. The molecule has 4 heterocycles. The summed E-state index contributed by atoms with van der Waals surface area (Å²) in [5.41, 5.74) is 1.22. The molecule has 10 nitrogen and oxygen atoms in total. The molecular formula is C20H28N4O6. The van der Waals surface area contributed by atoms with Crippen molar-refractivity contribution in [1.29, 1.82) is 0 Å². The normalized spacial score (nSPS) is 28.0. The quantitative estimate of drug-likeness (QED) is 0.775. The van der Waals surface area contributed by atoms with Gasteiger partial charge in [-0.05, 0) is 34.6 Å². The van der Waals surface area contributed by atoms with Crippen LogP contribution in [0.3, 0.4) is 0 Å². The number of fused-ring (bicyclic) bond motifs is 2. The third-order valence-corrected chi connectivity index (χ3v) is 5.27. The average molecular weight is 420 g/mol. The Bertz CT molecular complexity index is 952. The molecule has 10 heteroatoms. The number of ether oxygens (including phenoxy) is 4. The number of likely N-dealkylation sites (tertiary alicyclic amines) is 1. The third kappa shape index (κ3) is 3.38. The molecule has 0 aromatic carbocycles. The summed E-state index contributed by atoms with van der Waals surface area (Å²) in [5, 5.41) is 10.2. The van der Waals surface area contributed by atoms with Crippen molar-refractivity contribution in [3.05, 3.63) is 18.1 Å². The SMILES string of the molecule is COc1ncnc2c(C3C4OC(C)(C)OC4C(CO)N3C(=O)OC(C)(C)C)c[nH]c12. The standard InChI is InChI=1S/C20H28N4O6/c1-19(2,3)30-18(26)24-11(8-25)15-16(29-20(4,5)28-15)14(24)10-7-21-13-12(10)22-9-23-17(13)27-6/h7,9,11,14-16,21,25H,8H2,1-6H3. The van der Waals surface area contributed by atoms with E-state index in [0.29, 0.717) is 22.5 Å². The molecule has 30 heavy (non-hydrogen) atoms. The Morgan fingerprint density at radius 3 is 2.63 bits per heavy atom. The van der Waals surface area contributed by atoms with E-state index in [-0.39, 0.29) is 6.61 Å². The Morgan fingerprint density at radius 1 is 1.30 bits per heavy atom. The van der Waals surface area contributed by atoms with E-state index in [1.165, 1.54) is 18.3 Å². The highest BCUT2D eigenvalue weighted by Gasteiger charge is 2.60. The molecule has 4 atom stereocenters. The fourth-order valence-corrected chi connectivity index (χ4v) is 4.28. The molecule has 2 aromatic rings. The second kappa shape index (κ2) is 7.07. The number of nitrogens with zero attached hydrogens (tertiary/aromatic N) is 3. The second-order valence-corrected chi connectivity index (χ2v) is 9.00. The van der Waals surface area contributed by atoms with Crippen molar-refractivity contribution >= 4 is 17.1 Å². The summed E-state index contributed by atoms with van der Waals surface area (Å²) >= 11 is 0. The lowest BCUT2D eigenvalue weighted by Crippen LogP contribution is -2.47. The van der Waals surface area contributed by atoms with Crippen molar-refractivity contribution in [3.8, 4) is 5.88 Å². The van der Waals surface area contributed by atoms with Gasteiger partial charge in [0.15, 0.2) is 5.79 Å². The van der Waals surface area contributed by atoms with Crippen LogP contribution in [0.2, 0.25) is 0 Å². The number of aliphatic hydroxyl groups excluding tert-OH is 1. The first kappa shape index (κ1) is 20.8. The molecule has 2 fully saturated rings. The summed E-state index contributed by atoms with van der Waals surface area (Å²) < 4.78 is 23.2. The van der Waals surface area contributed by atoms with Crippen molar-refractivity contribution in [2.24, 2.45) is 0 Å². The van der Waals surface area contributed by atoms with Gasteiger partial charge in [-0.3, -0.25) is 4.90 Å². The fourth-order valence-electron chi connectivity index (χ4n) is 4.28. The number of hydrogen-bond acceptors (Lipinski definition) is 8. The molecule has 0 saturated carbocycles. The van der Waals surface area contributed by atoms with Gasteiger partial charge in [0, 0.05) is 11.8 Å². The third-order valence-electron chi connectivity index (χ3n) is 5.27. The Kier molecular flexibility index (Phi) is 4.91. The van der Waals surface area contributed by atoms with Crippen LogP contribution in [0.4, 0.5) is 4.79 Å². The largest absolute Gasteiger partial charge is 0.479 e. The number of aromatic amines is 1. The first-order valence-corrected chi connectivity index (χ1v) is 9.90. The summed E-state index contributed by atoms with van der Waals surface area (Å²) in [6.45, 7) is 8.72. The van der Waals surface area contributed by atoms with Crippen LogP contribution in [0.5, 0.6) is 5.88 Å². The number of H-pyrrole nitrogens is 1. The highest BCUT2D eigenvalue weighted by atomic mass is 16.8. The van der Waals surface area contributed by atoms with E-state index < -0.39 is 41.8 Å². The van der Waals surface area contributed by atoms with Gasteiger partial charge in [-0.25, -0.2) is 9.78 Å². The van der Waals surface area contributed by atoms with Gasteiger partial charge < -0.3 is 29.0 Å². The maximum Gasteiger partial charge on any atom is 0.411 e. The van der Waals surface area contributed by atoms with Crippen LogP contribution in [-0.4, -0.2) is 74.4 Å². The Morgan fingerprint density at radius 2 is 2.00 bits per heavy atom. The minimum Gasteiger partial charge on any atom is -0.479 e. The van der Waals surface area contributed by atoms with E-state index >= 15 is 0 Å². The molecule has 0 bridgehead atoms. The lowest BCUT2D eigenvalue weighted by atomic mass is 10.0. The first-order valence-electron chi connectivity index (χ1n) is 9.90. The lowest BCUT2D eigenvalue weighted by Gasteiger charge is -2.34. The molecule has 2 aliphatic heterocycles. The van der Waals surface area contributed by atoms with Crippen molar-refractivity contribution in [2.75, 3.05) is 13.7 Å². The van der Waals surface area contributed by atoms with Gasteiger partial charge in [-0.1, -0.05) is 0 Å². The number of amides is 1. The molecule has 0 aliphatic carbocycles. The van der Waals surface area contributed by atoms with Crippen molar-refractivity contribution < 1.29 is 28.8 Å². The van der Waals surface area contributed by atoms with E-state index in [4.69, 9.17) is 18.9 Å². The Labute approximate surface area is 174 Å². The minimum absolute atomic E-state index is 0.295. The molecule has 164 valence electrons. The molecular weight excluding hydrogens is 392 g/mol. The number of carbonyl (C=O) groups is 1. The minimum atomic E-state index is -0.847. The molecule has 0 radical (unpaired) electrons. The fraction of sp³-hybridized carbons (Fsp3) is 0.650. The molecule has 4 unspecified atom stereocenters. The van der Waals surface area contributed by atoms with Crippen LogP contribution in [0.25, 0.3) is 11.0 Å². The maximum absolute atomic E-state index is 13.2. The van der Waals surface area contributed by atoms with E-state index in [9.17, 15) is 9.90 Å².